The summed E-state index contributed by atoms with van der Waals surface area (Å²) in [6.45, 7) is 2.88. The number of nitrogens with one attached hydrogen (secondary N) is 1. The molecule has 5 nitrogen and oxygen atoms in total. The highest BCUT2D eigenvalue weighted by Crippen LogP contribution is 2.33. The van der Waals surface area contributed by atoms with Crippen LogP contribution in [0.1, 0.15) is 10.4 Å². The van der Waals surface area contributed by atoms with E-state index in [-0.39, 0.29) is 5.91 Å². The fourth-order valence-electron chi connectivity index (χ4n) is 3.21. The van der Waals surface area contributed by atoms with Gasteiger partial charge in [0.25, 0.3) is 5.91 Å². The third kappa shape index (κ3) is 5.23. The number of halogens is 3. The summed E-state index contributed by atoms with van der Waals surface area (Å²) in [5.41, 5.74) is 1.64. The van der Waals surface area contributed by atoms with E-state index in [1.165, 1.54) is 0 Å². The maximum absolute atomic E-state index is 12.7. The van der Waals surface area contributed by atoms with Crippen LogP contribution in [0.3, 0.4) is 0 Å². The Kier molecular flexibility index (Phi) is 6.94. The summed E-state index contributed by atoms with van der Waals surface area (Å²) in [4.78, 5) is 16.9. The minimum Gasteiger partial charge on any atom is -0.497 e. The maximum Gasteiger partial charge on any atom is 0.252 e. The molecule has 1 aliphatic heterocycles. The molecule has 28 heavy (non-hydrogen) atoms. The Morgan fingerprint density at radius 3 is 2.14 bits per heavy atom. The first-order valence-corrected chi connectivity index (χ1v) is 10.1. The van der Waals surface area contributed by atoms with Crippen LogP contribution in [-0.4, -0.2) is 54.1 Å². The van der Waals surface area contributed by atoms with Crippen LogP contribution in [0.2, 0.25) is 0 Å². The molecule has 2 aromatic rings. The number of carbonyl (C=O) groups is 1. The van der Waals surface area contributed by atoms with Crippen LogP contribution >= 0.6 is 34.8 Å². The van der Waals surface area contributed by atoms with Crippen LogP contribution in [0.15, 0.2) is 54.6 Å². The van der Waals surface area contributed by atoms with E-state index in [4.69, 9.17) is 39.5 Å². The van der Waals surface area contributed by atoms with Crippen LogP contribution in [0, 0.1) is 0 Å². The van der Waals surface area contributed by atoms with Crippen LogP contribution in [0.5, 0.6) is 5.75 Å². The predicted octanol–water partition coefficient (Wildman–Crippen LogP) is 3.94. The van der Waals surface area contributed by atoms with Gasteiger partial charge in [-0.3, -0.25) is 9.69 Å². The van der Waals surface area contributed by atoms with E-state index in [9.17, 15) is 4.79 Å². The first-order chi connectivity index (χ1) is 13.4. The number of rotatable bonds is 5. The number of anilines is 1. The average Bonchev–Trinajstić information content (AvgIpc) is 2.72. The Hall–Kier alpha value is -1.66. The highest BCUT2D eigenvalue weighted by Gasteiger charge is 2.39. The molecule has 3 rings (SSSR count). The van der Waals surface area contributed by atoms with Gasteiger partial charge in [0.05, 0.1) is 7.11 Å². The summed E-state index contributed by atoms with van der Waals surface area (Å²) in [6.07, 6.45) is -0.731. The van der Waals surface area contributed by atoms with Crippen molar-refractivity contribution in [3.05, 3.63) is 60.2 Å². The minimum absolute atomic E-state index is 0.301. The number of ether oxygens (including phenoxy) is 1. The fraction of sp³-hybridized carbons (Fsp3) is 0.350. The van der Waals surface area contributed by atoms with Gasteiger partial charge in [-0.25, -0.2) is 0 Å². The van der Waals surface area contributed by atoms with Gasteiger partial charge in [0.1, 0.15) is 11.9 Å². The predicted molar refractivity (Wildman–Crippen MR) is 115 cm³/mol. The fourth-order valence-corrected chi connectivity index (χ4v) is 3.78. The molecule has 0 aliphatic carbocycles. The first kappa shape index (κ1) is 21.1. The SMILES string of the molecule is COc1ccc(C(=O)N[C@@H](N2CCN(c3ccccc3)CC2)C(Cl)(Cl)Cl)cc1. The van der Waals surface area contributed by atoms with Crippen molar-refractivity contribution >= 4 is 46.4 Å². The molecule has 1 atom stereocenters. The summed E-state index contributed by atoms with van der Waals surface area (Å²) < 4.78 is 3.46. The third-order valence-corrected chi connectivity index (χ3v) is 5.35. The molecule has 8 heteroatoms. The molecule has 150 valence electrons. The Morgan fingerprint density at radius 2 is 1.61 bits per heavy atom. The quantitative estimate of drug-likeness (QED) is 0.712. The lowest BCUT2D eigenvalue weighted by atomic mass is 10.2. The molecule has 1 saturated heterocycles. The lowest BCUT2D eigenvalue weighted by Gasteiger charge is -2.42. The van der Waals surface area contributed by atoms with E-state index in [0.717, 1.165) is 18.8 Å². The van der Waals surface area contributed by atoms with Crippen molar-refractivity contribution in [2.24, 2.45) is 0 Å². The molecular formula is C20H22Cl3N3O2. The topological polar surface area (TPSA) is 44.8 Å². The Bertz CT molecular complexity index is 774. The number of hydrogen-bond donors (Lipinski definition) is 1. The van der Waals surface area contributed by atoms with Gasteiger partial charge in [-0.15, -0.1) is 0 Å². The Morgan fingerprint density at radius 1 is 1.00 bits per heavy atom. The van der Waals surface area contributed by atoms with Gasteiger partial charge in [0.2, 0.25) is 3.79 Å². The summed E-state index contributed by atoms with van der Waals surface area (Å²) >= 11 is 18.6. The van der Waals surface area contributed by atoms with Crippen molar-refractivity contribution in [3.63, 3.8) is 0 Å². The monoisotopic (exact) mass is 441 g/mol. The molecule has 1 aliphatic rings. The smallest absolute Gasteiger partial charge is 0.252 e. The van der Waals surface area contributed by atoms with Gasteiger partial charge in [-0.2, -0.15) is 0 Å². The van der Waals surface area contributed by atoms with Gasteiger partial charge in [-0.1, -0.05) is 53.0 Å². The number of piperazine rings is 1. The van der Waals surface area contributed by atoms with Gasteiger partial charge >= 0.3 is 0 Å². The normalized spacial score (nSPS) is 16.5. The van der Waals surface area contributed by atoms with E-state index >= 15 is 0 Å². The van der Waals surface area contributed by atoms with Gasteiger partial charge in [0, 0.05) is 37.4 Å². The van der Waals surface area contributed by atoms with Crippen molar-refractivity contribution in [2.45, 2.75) is 9.96 Å². The van der Waals surface area contributed by atoms with Crippen molar-refractivity contribution in [3.8, 4) is 5.75 Å². The molecule has 0 aromatic heterocycles. The van der Waals surface area contributed by atoms with Crippen LogP contribution in [-0.2, 0) is 0 Å². The van der Waals surface area contributed by atoms with Crippen LogP contribution in [0.4, 0.5) is 5.69 Å². The number of nitrogens with zero attached hydrogens (tertiary/aromatic N) is 2. The zero-order valence-corrected chi connectivity index (χ0v) is 17.7. The summed E-state index contributed by atoms with van der Waals surface area (Å²) in [5, 5.41) is 2.87. The third-order valence-electron chi connectivity index (χ3n) is 4.73. The molecule has 0 unspecified atom stereocenters. The molecule has 1 N–H and O–H groups in total. The average molecular weight is 443 g/mol. The number of benzene rings is 2. The number of alkyl halides is 3. The highest BCUT2D eigenvalue weighted by molar-refractivity contribution is 6.68. The zero-order chi connectivity index (χ0) is 20.1. The number of para-hydroxylation sites is 1. The van der Waals surface area contributed by atoms with E-state index in [2.05, 4.69) is 22.3 Å². The maximum atomic E-state index is 12.7. The second-order valence-electron chi connectivity index (χ2n) is 6.50. The second-order valence-corrected chi connectivity index (χ2v) is 8.87. The van der Waals surface area contributed by atoms with E-state index in [1.54, 1.807) is 31.4 Å². The first-order valence-electron chi connectivity index (χ1n) is 8.94. The number of methoxy groups -OCH3 is 1. The summed E-state index contributed by atoms with van der Waals surface area (Å²) in [7, 11) is 1.57. The highest BCUT2D eigenvalue weighted by atomic mass is 35.6. The molecular weight excluding hydrogens is 421 g/mol. The van der Waals surface area contributed by atoms with E-state index in [1.807, 2.05) is 23.1 Å². The van der Waals surface area contributed by atoms with Gasteiger partial charge < -0.3 is 15.0 Å². The van der Waals surface area contributed by atoms with Gasteiger partial charge in [-0.05, 0) is 36.4 Å². The van der Waals surface area contributed by atoms with Crippen molar-refractivity contribution in [1.82, 2.24) is 10.2 Å². The zero-order valence-electron chi connectivity index (χ0n) is 15.4. The molecule has 0 spiro atoms. The standard InChI is InChI=1S/C20H22Cl3N3O2/c1-28-17-9-7-15(8-10-17)18(27)24-19(20(21,22)23)26-13-11-25(12-14-26)16-5-3-2-4-6-16/h2-10,19H,11-14H2,1H3,(H,24,27)/t19-/m0/s1. The molecule has 1 heterocycles. The lowest BCUT2D eigenvalue weighted by Crippen LogP contribution is -2.60. The molecule has 0 radical (unpaired) electrons. The van der Waals surface area contributed by atoms with Crippen molar-refractivity contribution < 1.29 is 9.53 Å². The molecule has 0 bridgehead atoms. The molecule has 1 fully saturated rings. The largest absolute Gasteiger partial charge is 0.497 e. The Balaban J connectivity index is 1.66. The molecule has 2 aromatic carbocycles. The number of hydrogen-bond acceptors (Lipinski definition) is 4. The van der Waals surface area contributed by atoms with E-state index in [0.29, 0.717) is 24.4 Å². The van der Waals surface area contributed by atoms with E-state index < -0.39 is 9.96 Å². The van der Waals surface area contributed by atoms with Crippen LogP contribution < -0.4 is 15.0 Å². The van der Waals surface area contributed by atoms with Crippen molar-refractivity contribution in [1.29, 1.82) is 0 Å². The minimum atomic E-state index is -1.66. The lowest BCUT2D eigenvalue weighted by molar-refractivity contribution is 0.0841. The van der Waals surface area contributed by atoms with Crippen molar-refractivity contribution in [2.75, 3.05) is 38.2 Å². The summed E-state index contributed by atoms with van der Waals surface area (Å²) in [5.74, 6) is 0.371. The number of carbonyl (C=O) groups excluding carboxylic acids is 1. The summed E-state index contributed by atoms with van der Waals surface area (Å²) in [6, 6.07) is 17.0. The Labute approximate surface area is 180 Å². The van der Waals surface area contributed by atoms with Crippen LogP contribution in [0.25, 0.3) is 0 Å². The number of amides is 1. The molecule has 0 saturated carbocycles. The molecule has 1 amide bonds. The van der Waals surface area contributed by atoms with Gasteiger partial charge in [0.15, 0.2) is 0 Å². The second kappa shape index (κ2) is 9.23.